The van der Waals surface area contributed by atoms with Crippen LogP contribution >= 0.6 is 0 Å². The second-order valence-electron chi connectivity index (χ2n) is 3.49. The lowest BCUT2D eigenvalue weighted by Gasteiger charge is -2.23. The highest BCUT2D eigenvalue weighted by Crippen LogP contribution is 2.35. The number of rotatable bonds is 3. The van der Waals surface area contributed by atoms with E-state index in [0.29, 0.717) is 5.92 Å². The van der Waals surface area contributed by atoms with E-state index in [1.165, 1.54) is 29.5 Å². The summed E-state index contributed by atoms with van der Waals surface area (Å²) in [4.78, 5) is 10.4. The summed E-state index contributed by atoms with van der Waals surface area (Å²) in [6.45, 7) is -0.0350. The highest BCUT2D eigenvalue weighted by Gasteiger charge is 2.20. The van der Waals surface area contributed by atoms with Gasteiger partial charge in [0.2, 0.25) is 0 Å². The quantitative estimate of drug-likeness (QED) is 0.761. The van der Waals surface area contributed by atoms with E-state index in [0.717, 1.165) is 0 Å². The number of aliphatic carboxylic acids is 1. The summed E-state index contributed by atoms with van der Waals surface area (Å²) in [7, 11) is 0. The van der Waals surface area contributed by atoms with E-state index in [1.807, 2.05) is 6.20 Å². The lowest BCUT2D eigenvalue weighted by Crippen LogP contribution is -2.10. The van der Waals surface area contributed by atoms with E-state index in [-0.39, 0.29) is 6.54 Å². The average molecular weight is 180 g/mol. The molecule has 1 saturated carbocycles. The predicted molar refractivity (Wildman–Crippen MR) is 46.5 cm³/mol. The first-order valence-corrected chi connectivity index (χ1v) is 4.50. The van der Waals surface area contributed by atoms with Gasteiger partial charge in [0.05, 0.1) is 6.20 Å². The van der Waals surface area contributed by atoms with Crippen LogP contribution in [0.5, 0.6) is 0 Å². The number of carbonyl (C=O) groups is 1. The number of carboxylic acids is 1. The molecule has 0 radical (unpaired) electrons. The minimum Gasteiger partial charge on any atom is -0.480 e. The van der Waals surface area contributed by atoms with Gasteiger partial charge >= 0.3 is 5.97 Å². The van der Waals surface area contributed by atoms with Crippen molar-refractivity contribution in [2.75, 3.05) is 0 Å². The van der Waals surface area contributed by atoms with Crippen LogP contribution < -0.4 is 0 Å². The van der Waals surface area contributed by atoms with Crippen LogP contribution in [0, 0.1) is 0 Å². The maximum Gasteiger partial charge on any atom is 0.325 e. The molecule has 0 spiro atoms. The molecule has 0 atom stereocenters. The standard InChI is InChI=1S/C9H12N2O2/c12-9(13)6-11-5-8(4-10-11)7-2-1-3-7/h4-5,7H,1-3,6H2,(H,12,13). The summed E-state index contributed by atoms with van der Waals surface area (Å²) >= 11 is 0. The van der Waals surface area contributed by atoms with E-state index < -0.39 is 5.97 Å². The molecule has 70 valence electrons. The summed E-state index contributed by atoms with van der Waals surface area (Å²) in [5, 5.41) is 12.5. The Morgan fingerprint density at radius 1 is 1.69 bits per heavy atom. The number of carboxylic acid groups (broad SMARTS) is 1. The van der Waals surface area contributed by atoms with Gasteiger partial charge in [-0.05, 0) is 24.3 Å². The average Bonchev–Trinajstić information content (AvgIpc) is 2.31. The zero-order valence-electron chi connectivity index (χ0n) is 7.31. The van der Waals surface area contributed by atoms with Crippen LogP contribution in [0.2, 0.25) is 0 Å². The Hall–Kier alpha value is -1.32. The fraction of sp³-hybridized carbons (Fsp3) is 0.556. The van der Waals surface area contributed by atoms with Gasteiger partial charge in [-0.15, -0.1) is 0 Å². The van der Waals surface area contributed by atoms with E-state index in [2.05, 4.69) is 5.10 Å². The molecule has 1 aromatic rings. The maximum absolute atomic E-state index is 10.4. The summed E-state index contributed by atoms with van der Waals surface area (Å²) < 4.78 is 1.48. The molecule has 0 bridgehead atoms. The first-order chi connectivity index (χ1) is 6.25. The van der Waals surface area contributed by atoms with Crippen molar-refractivity contribution in [2.24, 2.45) is 0 Å². The van der Waals surface area contributed by atoms with Crippen LogP contribution in [-0.4, -0.2) is 20.9 Å². The highest BCUT2D eigenvalue weighted by molar-refractivity contribution is 5.66. The first kappa shape index (κ1) is 8.29. The fourth-order valence-electron chi connectivity index (χ4n) is 1.56. The van der Waals surface area contributed by atoms with Gasteiger partial charge in [-0.25, -0.2) is 0 Å². The number of aromatic nitrogens is 2. The van der Waals surface area contributed by atoms with E-state index in [4.69, 9.17) is 5.11 Å². The molecular formula is C9H12N2O2. The van der Waals surface area contributed by atoms with E-state index in [9.17, 15) is 4.79 Å². The lowest BCUT2D eigenvalue weighted by atomic mass is 9.81. The Balaban J connectivity index is 2.04. The van der Waals surface area contributed by atoms with Crippen molar-refractivity contribution < 1.29 is 9.90 Å². The van der Waals surface area contributed by atoms with Crippen LogP contribution in [0.4, 0.5) is 0 Å². The summed E-state index contributed by atoms with van der Waals surface area (Å²) in [5.41, 5.74) is 1.19. The molecule has 1 N–H and O–H groups in total. The fourth-order valence-corrected chi connectivity index (χ4v) is 1.56. The van der Waals surface area contributed by atoms with Gasteiger partial charge in [0.1, 0.15) is 6.54 Å². The molecule has 0 saturated heterocycles. The molecule has 13 heavy (non-hydrogen) atoms. The second kappa shape index (κ2) is 3.20. The molecule has 1 aromatic heterocycles. The second-order valence-corrected chi connectivity index (χ2v) is 3.49. The molecule has 0 aliphatic heterocycles. The molecule has 0 amide bonds. The van der Waals surface area contributed by atoms with Crippen LogP contribution in [-0.2, 0) is 11.3 Å². The molecule has 1 aliphatic carbocycles. The van der Waals surface area contributed by atoms with Crippen molar-refractivity contribution >= 4 is 5.97 Å². The van der Waals surface area contributed by atoms with Crippen molar-refractivity contribution in [3.05, 3.63) is 18.0 Å². The van der Waals surface area contributed by atoms with Crippen LogP contribution in [0.3, 0.4) is 0 Å². The Bertz CT molecular complexity index is 315. The van der Waals surface area contributed by atoms with Gasteiger partial charge in [-0.2, -0.15) is 5.10 Å². The molecule has 4 heteroatoms. The number of hydrogen-bond acceptors (Lipinski definition) is 2. The van der Waals surface area contributed by atoms with Crippen LogP contribution in [0.1, 0.15) is 30.7 Å². The van der Waals surface area contributed by atoms with E-state index >= 15 is 0 Å². The number of hydrogen-bond donors (Lipinski definition) is 1. The third-order valence-electron chi connectivity index (χ3n) is 2.53. The summed E-state index contributed by atoms with van der Waals surface area (Å²) in [5.74, 6) is -0.217. The normalized spacial score (nSPS) is 16.9. The monoisotopic (exact) mass is 180 g/mol. The molecule has 0 unspecified atom stereocenters. The largest absolute Gasteiger partial charge is 0.480 e. The topological polar surface area (TPSA) is 55.1 Å². The van der Waals surface area contributed by atoms with Crippen molar-refractivity contribution in [3.8, 4) is 0 Å². The molecule has 0 aromatic carbocycles. The van der Waals surface area contributed by atoms with Gasteiger partial charge in [-0.1, -0.05) is 6.42 Å². The lowest BCUT2D eigenvalue weighted by molar-refractivity contribution is -0.137. The predicted octanol–water partition coefficient (Wildman–Crippen LogP) is 1.24. The maximum atomic E-state index is 10.4. The zero-order chi connectivity index (χ0) is 9.26. The van der Waals surface area contributed by atoms with Crippen molar-refractivity contribution in [3.63, 3.8) is 0 Å². The third-order valence-corrected chi connectivity index (χ3v) is 2.53. The van der Waals surface area contributed by atoms with Crippen LogP contribution in [0.15, 0.2) is 12.4 Å². The SMILES string of the molecule is O=C(O)Cn1cc(C2CCC2)cn1. The molecule has 2 rings (SSSR count). The van der Waals surface area contributed by atoms with Gasteiger partial charge in [0.15, 0.2) is 0 Å². The van der Waals surface area contributed by atoms with Gasteiger partial charge in [0.25, 0.3) is 0 Å². The Labute approximate surface area is 76.2 Å². The van der Waals surface area contributed by atoms with E-state index in [1.54, 1.807) is 6.20 Å². The Morgan fingerprint density at radius 2 is 2.46 bits per heavy atom. The molecular weight excluding hydrogens is 168 g/mol. The van der Waals surface area contributed by atoms with Gasteiger partial charge < -0.3 is 5.11 Å². The molecule has 4 nitrogen and oxygen atoms in total. The molecule has 1 heterocycles. The smallest absolute Gasteiger partial charge is 0.325 e. The summed E-state index contributed by atoms with van der Waals surface area (Å²) in [6.07, 6.45) is 7.36. The molecule has 1 fully saturated rings. The first-order valence-electron chi connectivity index (χ1n) is 4.50. The van der Waals surface area contributed by atoms with Crippen molar-refractivity contribution in [1.29, 1.82) is 0 Å². The zero-order valence-corrected chi connectivity index (χ0v) is 7.31. The minimum atomic E-state index is -0.844. The third kappa shape index (κ3) is 1.71. The Kier molecular flexibility index (Phi) is 2.04. The van der Waals surface area contributed by atoms with Gasteiger partial charge in [-0.3, -0.25) is 9.48 Å². The summed E-state index contributed by atoms with van der Waals surface area (Å²) in [6, 6.07) is 0. The van der Waals surface area contributed by atoms with Crippen LogP contribution in [0.25, 0.3) is 0 Å². The van der Waals surface area contributed by atoms with Crippen molar-refractivity contribution in [1.82, 2.24) is 9.78 Å². The number of nitrogens with zero attached hydrogens (tertiary/aromatic N) is 2. The highest BCUT2D eigenvalue weighted by atomic mass is 16.4. The van der Waals surface area contributed by atoms with Crippen molar-refractivity contribution in [2.45, 2.75) is 31.7 Å². The Morgan fingerprint density at radius 3 is 3.00 bits per heavy atom. The molecule has 1 aliphatic rings. The van der Waals surface area contributed by atoms with Gasteiger partial charge in [0, 0.05) is 6.20 Å². The minimum absolute atomic E-state index is 0.0350.